The molecule has 0 aliphatic carbocycles. The topological polar surface area (TPSA) is 87.7 Å². The van der Waals surface area contributed by atoms with Gasteiger partial charge in [-0.15, -0.1) is 0 Å². The summed E-state index contributed by atoms with van der Waals surface area (Å²) in [5.41, 5.74) is 1.47. The molecule has 0 radical (unpaired) electrons. The summed E-state index contributed by atoms with van der Waals surface area (Å²) in [6, 6.07) is 7.33. The number of ketones is 1. The number of anilines is 1. The largest absolute Gasteiger partial charge is 0.450 e. The Kier molecular flexibility index (Phi) is 7.44. The third-order valence-electron chi connectivity index (χ3n) is 4.34. The Morgan fingerprint density at radius 1 is 1.23 bits per heavy atom. The lowest BCUT2D eigenvalue weighted by atomic mass is 10.1. The number of likely N-dealkylation sites (tertiary alicyclic amines) is 1. The number of benzene rings is 1. The van der Waals surface area contributed by atoms with Crippen molar-refractivity contribution in [1.29, 1.82) is 0 Å². The van der Waals surface area contributed by atoms with Crippen LogP contribution in [0.5, 0.6) is 0 Å². The lowest BCUT2D eigenvalue weighted by Crippen LogP contribution is -2.46. The molecule has 142 valence electrons. The van der Waals surface area contributed by atoms with E-state index in [4.69, 9.17) is 4.74 Å². The van der Waals surface area contributed by atoms with Crippen molar-refractivity contribution in [3.05, 3.63) is 29.8 Å². The van der Waals surface area contributed by atoms with E-state index >= 15 is 0 Å². The molecule has 1 saturated heterocycles. The van der Waals surface area contributed by atoms with Crippen molar-refractivity contribution in [2.75, 3.05) is 31.6 Å². The van der Waals surface area contributed by atoms with Crippen molar-refractivity contribution >= 4 is 23.5 Å². The summed E-state index contributed by atoms with van der Waals surface area (Å²) in [4.78, 5) is 36.8. The highest BCUT2D eigenvalue weighted by molar-refractivity contribution is 5.94. The van der Waals surface area contributed by atoms with Crippen molar-refractivity contribution in [3.8, 4) is 0 Å². The second-order valence-electron chi connectivity index (χ2n) is 6.34. The van der Waals surface area contributed by atoms with Crippen LogP contribution in [0.2, 0.25) is 0 Å². The summed E-state index contributed by atoms with van der Waals surface area (Å²) in [7, 11) is 0. The van der Waals surface area contributed by atoms with Gasteiger partial charge < -0.3 is 20.3 Å². The Morgan fingerprint density at radius 3 is 2.62 bits per heavy atom. The zero-order chi connectivity index (χ0) is 18.9. The van der Waals surface area contributed by atoms with Crippen LogP contribution in [0.4, 0.5) is 10.5 Å². The molecule has 1 aromatic carbocycles. The van der Waals surface area contributed by atoms with E-state index in [1.807, 2.05) is 12.1 Å². The number of hydrogen-bond acceptors (Lipinski definition) is 5. The zero-order valence-electron chi connectivity index (χ0n) is 15.4. The van der Waals surface area contributed by atoms with Gasteiger partial charge in [0.15, 0.2) is 5.78 Å². The molecule has 1 heterocycles. The molecule has 7 nitrogen and oxygen atoms in total. The molecule has 0 atom stereocenters. The molecule has 0 saturated carbocycles. The highest BCUT2D eigenvalue weighted by Crippen LogP contribution is 2.13. The van der Waals surface area contributed by atoms with E-state index in [1.54, 1.807) is 24.0 Å². The maximum Gasteiger partial charge on any atom is 0.409 e. The van der Waals surface area contributed by atoms with Gasteiger partial charge in [-0.1, -0.05) is 12.1 Å². The number of hydrogen-bond donors (Lipinski definition) is 2. The number of nitrogens with one attached hydrogen (secondary N) is 2. The van der Waals surface area contributed by atoms with Crippen LogP contribution in [0.25, 0.3) is 0 Å². The molecule has 2 rings (SSSR count). The number of ether oxygens (including phenoxy) is 1. The minimum Gasteiger partial charge on any atom is -0.450 e. The van der Waals surface area contributed by atoms with E-state index < -0.39 is 0 Å². The standard InChI is InChI=1S/C19H27N3O4/c1-3-26-19(25)22-11-8-16(9-12-22)21-18(24)7-10-20-17-6-4-5-15(13-17)14(2)23/h4-6,13,16,20H,3,7-12H2,1-2H3,(H,21,24). The fourth-order valence-electron chi connectivity index (χ4n) is 2.89. The summed E-state index contributed by atoms with van der Waals surface area (Å²) in [6.45, 7) is 5.38. The Morgan fingerprint density at radius 2 is 1.96 bits per heavy atom. The molecule has 2 N–H and O–H groups in total. The Hall–Kier alpha value is -2.57. The number of carbonyl (C=O) groups is 3. The monoisotopic (exact) mass is 361 g/mol. The normalized spacial score (nSPS) is 14.6. The van der Waals surface area contributed by atoms with Gasteiger partial charge in [-0.05, 0) is 38.8 Å². The SMILES string of the molecule is CCOC(=O)N1CCC(NC(=O)CCNc2cccc(C(C)=O)c2)CC1. The summed E-state index contributed by atoms with van der Waals surface area (Å²) >= 11 is 0. The highest BCUT2D eigenvalue weighted by atomic mass is 16.6. The van der Waals surface area contributed by atoms with E-state index in [-0.39, 0.29) is 23.8 Å². The van der Waals surface area contributed by atoms with Crippen LogP contribution < -0.4 is 10.6 Å². The fraction of sp³-hybridized carbons (Fsp3) is 0.526. The summed E-state index contributed by atoms with van der Waals surface area (Å²) in [6.07, 6.45) is 1.54. The number of Topliss-reactive ketones (excluding diaryl/α,β-unsaturated/α-hetero) is 1. The predicted octanol–water partition coefficient (Wildman–Crippen LogP) is 2.43. The van der Waals surface area contributed by atoms with E-state index in [1.165, 1.54) is 6.92 Å². The minimum atomic E-state index is -0.283. The first-order valence-electron chi connectivity index (χ1n) is 9.05. The first-order valence-corrected chi connectivity index (χ1v) is 9.05. The average Bonchev–Trinajstić information content (AvgIpc) is 2.62. The first kappa shape index (κ1) is 19.8. The average molecular weight is 361 g/mol. The summed E-state index contributed by atoms with van der Waals surface area (Å²) in [5, 5.41) is 6.18. The molecule has 1 aliphatic rings. The quantitative estimate of drug-likeness (QED) is 0.728. The Bertz CT molecular complexity index is 639. The minimum absolute atomic E-state index is 0.0144. The Balaban J connectivity index is 1.67. The predicted molar refractivity (Wildman–Crippen MR) is 99.3 cm³/mol. The second kappa shape index (κ2) is 9.79. The lowest BCUT2D eigenvalue weighted by molar-refractivity contribution is -0.121. The molecule has 0 aromatic heterocycles. The van der Waals surface area contributed by atoms with Gasteiger partial charge >= 0.3 is 6.09 Å². The van der Waals surface area contributed by atoms with Crippen LogP contribution in [0.3, 0.4) is 0 Å². The molecular weight excluding hydrogens is 334 g/mol. The van der Waals surface area contributed by atoms with Gasteiger partial charge in [0.05, 0.1) is 6.61 Å². The van der Waals surface area contributed by atoms with Crippen LogP contribution in [-0.2, 0) is 9.53 Å². The number of amides is 2. The van der Waals surface area contributed by atoms with E-state index in [9.17, 15) is 14.4 Å². The van der Waals surface area contributed by atoms with Gasteiger partial charge in [0.25, 0.3) is 0 Å². The van der Waals surface area contributed by atoms with Crippen LogP contribution >= 0.6 is 0 Å². The molecule has 7 heteroatoms. The molecular formula is C19H27N3O4. The van der Waals surface area contributed by atoms with Crippen molar-refractivity contribution in [2.24, 2.45) is 0 Å². The van der Waals surface area contributed by atoms with E-state index in [0.717, 1.165) is 18.5 Å². The van der Waals surface area contributed by atoms with Gasteiger partial charge in [0.2, 0.25) is 5.91 Å². The molecule has 1 aromatic rings. The van der Waals surface area contributed by atoms with Gasteiger partial charge in [0, 0.05) is 43.3 Å². The maximum absolute atomic E-state index is 12.1. The van der Waals surface area contributed by atoms with Gasteiger partial charge in [-0.3, -0.25) is 9.59 Å². The number of carbonyl (C=O) groups excluding carboxylic acids is 3. The highest BCUT2D eigenvalue weighted by Gasteiger charge is 2.24. The Labute approximate surface area is 154 Å². The molecule has 1 fully saturated rings. The van der Waals surface area contributed by atoms with Gasteiger partial charge in [0.1, 0.15) is 0 Å². The van der Waals surface area contributed by atoms with Crippen LogP contribution in [0.1, 0.15) is 43.5 Å². The fourth-order valence-corrected chi connectivity index (χ4v) is 2.89. The lowest BCUT2D eigenvalue weighted by Gasteiger charge is -2.31. The smallest absolute Gasteiger partial charge is 0.409 e. The zero-order valence-corrected chi connectivity index (χ0v) is 15.4. The molecule has 26 heavy (non-hydrogen) atoms. The third-order valence-corrected chi connectivity index (χ3v) is 4.34. The molecule has 2 amide bonds. The van der Waals surface area contributed by atoms with Crippen molar-refractivity contribution in [3.63, 3.8) is 0 Å². The molecule has 0 bridgehead atoms. The second-order valence-corrected chi connectivity index (χ2v) is 6.34. The van der Waals surface area contributed by atoms with Gasteiger partial charge in [-0.25, -0.2) is 4.79 Å². The molecule has 0 spiro atoms. The number of rotatable bonds is 7. The number of piperidine rings is 1. The van der Waals surface area contributed by atoms with Crippen molar-refractivity contribution < 1.29 is 19.1 Å². The van der Waals surface area contributed by atoms with Crippen molar-refractivity contribution in [2.45, 2.75) is 39.2 Å². The van der Waals surface area contributed by atoms with Crippen LogP contribution in [0, 0.1) is 0 Å². The van der Waals surface area contributed by atoms with E-state index in [2.05, 4.69) is 10.6 Å². The maximum atomic E-state index is 12.1. The molecule has 0 unspecified atom stereocenters. The first-order chi connectivity index (χ1) is 12.5. The number of nitrogens with zero attached hydrogens (tertiary/aromatic N) is 1. The summed E-state index contributed by atoms with van der Waals surface area (Å²) in [5.74, 6) is -0.00430. The molecule has 1 aliphatic heterocycles. The van der Waals surface area contributed by atoms with E-state index in [0.29, 0.717) is 38.2 Å². The van der Waals surface area contributed by atoms with Crippen molar-refractivity contribution in [1.82, 2.24) is 10.2 Å². The van der Waals surface area contributed by atoms with Crippen LogP contribution in [-0.4, -0.2) is 55.0 Å². The summed E-state index contributed by atoms with van der Waals surface area (Å²) < 4.78 is 4.99. The van der Waals surface area contributed by atoms with Gasteiger partial charge in [-0.2, -0.15) is 0 Å². The third kappa shape index (κ3) is 6.06. The van der Waals surface area contributed by atoms with Crippen LogP contribution in [0.15, 0.2) is 24.3 Å².